The molecule has 0 saturated heterocycles. The molecule has 10 heteroatoms. The van der Waals surface area contributed by atoms with E-state index in [1.54, 1.807) is 54.8 Å². The van der Waals surface area contributed by atoms with Gasteiger partial charge >= 0.3 is 5.97 Å². The molecule has 1 heterocycles. The normalized spacial score (nSPS) is 11.3. The number of esters is 1. The van der Waals surface area contributed by atoms with Crippen LogP contribution in [-0.4, -0.2) is 35.4 Å². The number of hydrogen-bond donors (Lipinski definition) is 2. The fraction of sp³-hybridized carbons (Fsp3) is 0.174. The van der Waals surface area contributed by atoms with Gasteiger partial charge in [-0.1, -0.05) is 42.5 Å². The molecule has 3 rings (SSSR count). The molecule has 0 aliphatic heterocycles. The fourth-order valence-electron chi connectivity index (χ4n) is 3.00. The Labute approximate surface area is 193 Å². The number of anilines is 1. The van der Waals surface area contributed by atoms with Crippen LogP contribution in [0, 0.1) is 17.0 Å². The van der Waals surface area contributed by atoms with Gasteiger partial charge in [0.05, 0.1) is 9.80 Å². The molecule has 2 amide bonds. The largest absolute Gasteiger partial charge is 0.454 e. The maximum atomic E-state index is 12.7. The Morgan fingerprint density at radius 2 is 1.85 bits per heavy atom. The third-order valence-electron chi connectivity index (χ3n) is 4.59. The molecule has 0 fully saturated rings. The lowest BCUT2D eigenvalue weighted by molar-refractivity contribution is -0.384. The molecule has 3 aromatic rings. The van der Waals surface area contributed by atoms with Crippen molar-refractivity contribution in [2.45, 2.75) is 19.4 Å². The lowest BCUT2D eigenvalue weighted by Gasteiger charge is -2.17. The first-order chi connectivity index (χ1) is 15.8. The Morgan fingerprint density at radius 3 is 2.52 bits per heavy atom. The molecular formula is C23H21N3O6S. The number of nitrogens with one attached hydrogen (secondary N) is 2. The van der Waals surface area contributed by atoms with Crippen molar-refractivity contribution < 1.29 is 24.0 Å². The average Bonchev–Trinajstić information content (AvgIpc) is 3.34. The third-order valence-corrected chi connectivity index (χ3v) is 5.46. The monoisotopic (exact) mass is 467 g/mol. The number of hydrogen-bond acceptors (Lipinski definition) is 7. The SMILES string of the molecule is Cc1ccc(NC(=O)COC(=O)[C@H](Cc2ccccc2)NC(=O)c2cccs2)c([N+](=O)[O-])c1. The van der Waals surface area contributed by atoms with Crippen LogP contribution in [0.3, 0.4) is 0 Å². The van der Waals surface area contributed by atoms with Crippen molar-refractivity contribution in [2.75, 3.05) is 11.9 Å². The molecule has 0 spiro atoms. The minimum Gasteiger partial charge on any atom is -0.454 e. The van der Waals surface area contributed by atoms with Gasteiger partial charge in [-0.05, 0) is 35.6 Å². The van der Waals surface area contributed by atoms with E-state index in [1.807, 2.05) is 6.07 Å². The first-order valence-corrected chi connectivity index (χ1v) is 10.8. The van der Waals surface area contributed by atoms with Crippen molar-refractivity contribution in [1.82, 2.24) is 5.32 Å². The number of thiophene rings is 1. The topological polar surface area (TPSA) is 128 Å². The standard InChI is InChI=1S/C23H21N3O6S/c1-15-9-10-17(19(12-15)26(30)31)24-21(27)14-32-23(29)18(13-16-6-3-2-4-7-16)25-22(28)20-8-5-11-33-20/h2-12,18H,13-14H2,1H3,(H,24,27)(H,25,28)/t18-/m0/s1. The lowest BCUT2D eigenvalue weighted by Crippen LogP contribution is -2.43. The zero-order chi connectivity index (χ0) is 23.8. The van der Waals surface area contributed by atoms with E-state index in [0.717, 1.165) is 5.56 Å². The third kappa shape index (κ3) is 6.71. The molecule has 0 aliphatic rings. The number of nitrogens with zero attached hydrogens (tertiary/aromatic N) is 1. The van der Waals surface area contributed by atoms with E-state index in [9.17, 15) is 24.5 Å². The summed E-state index contributed by atoms with van der Waals surface area (Å²) in [4.78, 5) is 48.5. The molecule has 33 heavy (non-hydrogen) atoms. The van der Waals surface area contributed by atoms with Gasteiger partial charge in [0.2, 0.25) is 0 Å². The molecule has 9 nitrogen and oxygen atoms in total. The second-order valence-electron chi connectivity index (χ2n) is 7.13. The van der Waals surface area contributed by atoms with E-state index >= 15 is 0 Å². The minimum absolute atomic E-state index is 0.00140. The summed E-state index contributed by atoms with van der Waals surface area (Å²) >= 11 is 1.23. The van der Waals surface area contributed by atoms with Crippen LogP contribution in [0.1, 0.15) is 20.8 Å². The first kappa shape index (κ1) is 23.6. The van der Waals surface area contributed by atoms with Crippen LogP contribution < -0.4 is 10.6 Å². The highest BCUT2D eigenvalue weighted by molar-refractivity contribution is 7.12. The molecule has 2 aromatic carbocycles. The second-order valence-corrected chi connectivity index (χ2v) is 8.07. The van der Waals surface area contributed by atoms with Crippen LogP contribution in [0.5, 0.6) is 0 Å². The Hall–Kier alpha value is -4.05. The van der Waals surface area contributed by atoms with Crippen molar-refractivity contribution in [3.63, 3.8) is 0 Å². The van der Waals surface area contributed by atoms with Crippen LogP contribution in [0.4, 0.5) is 11.4 Å². The molecule has 0 unspecified atom stereocenters. The number of nitro benzene ring substituents is 1. The predicted molar refractivity (Wildman–Crippen MR) is 123 cm³/mol. The van der Waals surface area contributed by atoms with E-state index in [4.69, 9.17) is 4.74 Å². The summed E-state index contributed by atoms with van der Waals surface area (Å²) in [7, 11) is 0. The molecule has 0 bridgehead atoms. The number of amides is 2. The highest BCUT2D eigenvalue weighted by Gasteiger charge is 2.25. The van der Waals surface area contributed by atoms with E-state index in [2.05, 4.69) is 10.6 Å². The van der Waals surface area contributed by atoms with E-state index in [-0.39, 0.29) is 17.8 Å². The van der Waals surface area contributed by atoms with Gasteiger partial charge in [0, 0.05) is 12.5 Å². The second kappa shape index (κ2) is 11.0. The highest BCUT2D eigenvalue weighted by Crippen LogP contribution is 2.25. The number of carbonyl (C=O) groups is 3. The number of benzene rings is 2. The molecule has 0 radical (unpaired) electrons. The van der Waals surface area contributed by atoms with Gasteiger partial charge in [0.15, 0.2) is 6.61 Å². The van der Waals surface area contributed by atoms with Gasteiger partial charge in [-0.15, -0.1) is 11.3 Å². The zero-order valence-electron chi connectivity index (χ0n) is 17.6. The van der Waals surface area contributed by atoms with Crippen LogP contribution in [0.25, 0.3) is 0 Å². The first-order valence-electron chi connectivity index (χ1n) is 9.93. The van der Waals surface area contributed by atoms with Gasteiger partial charge in [-0.2, -0.15) is 0 Å². The smallest absolute Gasteiger partial charge is 0.329 e. The Kier molecular flexibility index (Phi) is 7.87. The molecular weight excluding hydrogens is 446 g/mol. The lowest BCUT2D eigenvalue weighted by atomic mass is 10.1. The summed E-state index contributed by atoms with van der Waals surface area (Å²) in [5.74, 6) is -1.96. The van der Waals surface area contributed by atoms with Gasteiger partial charge in [0.25, 0.3) is 17.5 Å². The quantitative estimate of drug-likeness (QED) is 0.282. The van der Waals surface area contributed by atoms with Gasteiger partial charge in [-0.3, -0.25) is 19.7 Å². The summed E-state index contributed by atoms with van der Waals surface area (Å²) in [6.07, 6.45) is 0.168. The predicted octanol–water partition coefficient (Wildman–Crippen LogP) is 3.49. The number of nitro groups is 1. The van der Waals surface area contributed by atoms with Crippen LogP contribution >= 0.6 is 11.3 Å². The van der Waals surface area contributed by atoms with Crippen molar-refractivity contribution in [3.8, 4) is 0 Å². The Balaban J connectivity index is 1.65. The molecule has 0 saturated carbocycles. The average molecular weight is 468 g/mol. The van der Waals surface area contributed by atoms with Gasteiger partial charge in [-0.25, -0.2) is 4.79 Å². The summed E-state index contributed by atoms with van der Waals surface area (Å²) in [5, 5.41) is 18.0. The van der Waals surface area contributed by atoms with Crippen molar-refractivity contribution in [2.24, 2.45) is 0 Å². The van der Waals surface area contributed by atoms with Crippen LogP contribution in [0.2, 0.25) is 0 Å². The number of rotatable bonds is 9. The maximum absolute atomic E-state index is 12.7. The van der Waals surface area contributed by atoms with Gasteiger partial charge < -0.3 is 15.4 Å². The van der Waals surface area contributed by atoms with Crippen molar-refractivity contribution >= 4 is 40.5 Å². The minimum atomic E-state index is -1.02. The Morgan fingerprint density at radius 1 is 1.09 bits per heavy atom. The van der Waals surface area contributed by atoms with Gasteiger partial charge in [0.1, 0.15) is 11.7 Å². The van der Waals surface area contributed by atoms with Crippen molar-refractivity contribution in [1.29, 1.82) is 0 Å². The van der Waals surface area contributed by atoms with E-state index < -0.39 is 35.4 Å². The van der Waals surface area contributed by atoms with Crippen LogP contribution in [0.15, 0.2) is 66.0 Å². The maximum Gasteiger partial charge on any atom is 0.329 e. The zero-order valence-corrected chi connectivity index (χ0v) is 18.5. The molecule has 2 N–H and O–H groups in total. The summed E-state index contributed by atoms with van der Waals surface area (Å²) in [5.41, 5.74) is 1.19. The summed E-state index contributed by atoms with van der Waals surface area (Å²) in [6, 6.07) is 15.7. The molecule has 0 aliphatic carbocycles. The Bertz CT molecular complexity index is 1150. The summed E-state index contributed by atoms with van der Waals surface area (Å²) in [6.45, 7) is 1.03. The van der Waals surface area contributed by atoms with Crippen LogP contribution in [-0.2, 0) is 20.7 Å². The summed E-state index contributed by atoms with van der Waals surface area (Å²) < 4.78 is 5.12. The molecule has 1 atom stereocenters. The highest BCUT2D eigenvalue weighted by atomic mass is 32.1. The van der Waals surface area contributed by atoms with E-state index in [0.29, 0.717) is 10.4 Å². The molecule has 170 valence electrons. The molecule has 1 aromatic heterocycles. The number of ether oxygens (including phenoxy) is 1. The van der Waals surface area contributed by atoms with E-state index in [1.165, 1.54) is 23.5 Å². The number of aryl methyl sites for hydroxylation is 1. The fourth-order valence-corrected chi connectivity index (χ4v) is 3.63. The van der Waals surface area contributed by atoms with Crippen molar-refractivity contribution in [3.05, 3.63) is 92.2 Å². The number of carbonyl (C=O) groups excluding carboxylic acids is 3.